The van der Waals surface area contributed by atoms with Gasteiger partial charge in [-0.05, 0) is 19.1 Å². The number of furan rings is 1. The summed E-state index contributed by atoms with van der Waals surface area (Å²) in [6.07, 6.45) is 1.64. The van der Waals surface area contributed by atoms with Gasteiger partial charge >= 0.3 is 0 Å². The van der Waals surface area contributed by atoms with Crippen molar-refractivity contribution in [3.05, 3.63) is 53.0 Å². The summed E-state index contributed by atoms with van der Waals surface area (Å²) < 4.78 is 10.8. The maximum atomic E-state index is 10.7. The average molecular weight is 289 g/mol. The van der Waals surface area contributed by atoms with Gasteiger partial charge in [0.1, 0.15) is 11.5 Å². The third-order valence-corrected chi connectivity index (χ3v) is 3.84. The third kappa shape index (κ3) is 3.12. The number of methoxy groups -OCH3 is 1. The lowest BCUT2D eigenvalue weighted by Crippen LogP contribution is -2.21. The summed E-state index contributed by atoms with van der Waals surface area (Å²) in [5.74, 6) is 1.31. The molecule has 114 valence electrons. The minimum atomic E-state index is -0.709. The molecule has 0 aliphatic rings. The Morgan fingerprint density at radius 1 is 1.29 bits per heavy atom. The maximum absolute atomic E-state index is 10.7. The van der Waals surface area contributed by atoms with E-state index in [-0.39, 0.29) is 5.92 Å². The lowest BCUT2D eigenvalue weighted by atomic mass is 9.87. The number of nitrogens with two attached hydrogens (primary N) is 1. The number of aliphatic hydroxyl groups is 1. The van der Waals surface area contributed by atoms with Crippen LogP contribution in [0.4, 0.5) is 0 Å². The zero-order valence-corrected chi connectivity index (χ0v) is 12.8. The molecule has 1 aromatic heterocycles. The van der Waals surface area contributed by atoms with E-state index >= 15 is 0 Å². The molecule has 0 fully saturated rings. The largest absolute Gasteiger partial charge is 0.496 e. The van der Waals surface area contributed by atoms with Crippen molar-refractivity contribution in [1.82, 2.24) is 0 Å². The van der Waals surface area contributed by atoms with Gasteiger partial charge in [0.25, 0.3) is 0 Å². The van der Waals surface area contributed by atoms with E-state index in [1.54, 1.807) is 13.4 Å². The number of hydrogen-bond donors (Lipinski definition) is 2. The Bertz CT molecular complexity index is 591. The predicted molar refractivity (Wildman–Crippen MR) is 82.6 cm³/mol. The number of hydrogen-bond acceptors (Lipinski definition) is 4. The number of rotatable bonds is 6. The van der Waals surface area contributed by atoms with Crippen molar-refractivity contribution >= 4 is 0 Å². The first-order chi connectivity index (χ1) is 10.1. The molecule has 3 N–H and O–H groups in total. The molecular formula is C17H23NO3. The monoisotopic (exact) mass is 289 g/mol. The van der Waals surface area contributed by atoms with Gasteiger partial charge in [0.15, 0.2) is 0 Å². The molecule has 2 unspecified atom stereocenters. The SMILES string of the molecule is CCc1occc1C(O)C(CN)c1cc(C)ccc1OC. The fourth-order valence-electron chi connectivity index (χ4n) is 2.69. The number of benzene rings is 1. The summed E-state index contributed by atoms with van der Waals surface area (Å²) in [5, 5.41) is 10.7. The minimum absolute atomic E-state index is 0.234. The lowest BCUT2D eigenvalue weighted by molar-refractivity contribution is 0.143. The van der Waals surface area contributed by atoms with Crippen LogP contribution in [0, 0.1) is 6.92 Å². The van der Waals surface area contributed by atoms with Gasteiger partial charge in [-0.15, -0.1) is 0 Å². The molecule has 0 aliphatic carbocycles. The van der Waals surface area contributed by atoms with E-state index in [0.29, 0.717) is 6.54 Å². The number of aryl methyl sites for hydroxylation is 2. The molecule has 2 atom stereocenters. The quantitative estimate of drug-likeness (QED) is 0.858. The fraction of sp³-hybridized carbons (Fsp3) is 0.412. The van der Waals surface area contributed by atoms with E-state index in [4.69, 9.17) is 14.9 Å². The van der Waals surface area contributed by atoms with Crippen LogP contribution in [-0.4, -0.2) is 18.8 Å². The van der Waals surface area contributed by atoms with Gasteiger partial charge in [-0.1, -0.05) is 24.6 Å². The van der Waals surface area contributed by atoms with Crippen molar-refractivity contribution in [3.8, 4) is 5.75 Å². The summed E-state index contributed by atoms with van der Waals surface area (Å²) in [6.45, 7) is 4.34. The molecule has 1 aromatic carbocycles. The van der Waals surface area contributed by atoms with E-state index in [1.165, 1.54) is 0 Å². The van der Waals surface area contributed by atoms with Crippen LogP contribution in [0.25, 0.3) is 0 Å². The van der Waals surface area contributed by atoms with Gasteiger partial charge in [0.05, 0.1) is 19.5 Å². The van der Waals surface area contributed by atoms with Gasteiger partial charge < -0.3 is 20.0 Å². The average Bonchev–Trinajstić information content (AvgIpc) is 2.96. The third-order valence-electron chi connectivity index (χ3n) is 3.84. The first-order valence-electron chi connectivity index (χ1n) is 7.21. The summed E-state index contributed by atoms with van der Waals surface area (Å²) in [6, 6.07) is 7.73. The molecule has 0 spiro atoms. The van der Waals surface area contributed by atoms with E-state index in [0.717, 1.165) is 34.6 Å². The first-order valence-corrected chi connectivity index (χ1v) is 7.21. The summed E-state index contributed by atoms with van der Waals surface area (Å²) in [5.41, 5.74) is 8.77. The van der Waals surface area contributed by atoms with Gasteiger partial charge in [0.2, 0.25) is 0 Å². The maximum Gasteiger partial charge on any atom is 0.122 e. The second-order valence-corrected chi connectivity index (χ2v) is 5.19. The van der Waals surface area contributed by atoms with Gasteiger partial charge in [-0.25, -0.2) is 0 Å². The molecular weight excluding hydrogens is 266 g/mol. The van der Waals surface area contributed by atoms with Crippen LogP contribution in [-0.2, 0) is 6.42 Å². The van der Waals surface area contributed by atoms with Crippen LogP contribution >= 0.6 is 0 Å². The van der Waals surface area contributed by atoms with Crippen molar-refractivity contribution in [2.24, 2.45) is 5.73 Å². The Kier molecular flexibility index (Phi) is 5.04. The van der Waals surface area contributed by atoms with Crippen molar-refractivity contribution in [2.45, 2.75) is 32.3 Å². The van der Waals surface area contributed by atoms with Gasteiger partial charge in [-0.2, -0.15) is 0 Å². The molecule has 0 bridgehead atoms. The number of aliphatic hydroxyl groups excluding tert-OH is 1. The molecule has 2 rings (SSSR count). The first kappa shape index (κ1) is 15.6. The van der Waals surface area contributed by atoms with E-state index in [2.05, 4.69) is 0 Å². The second-order valence-electron chi connectivity index (χ2n) is 5.19. The Morgan fingerprint density at radius 3 is 2.67 bits per heavy atom. The van der Waals surface area contributed by atoms with Gasteiger partial charge in [-0.3, -0.25) is 0 Å². The van der Waals surface area contributed by atoms with Gasteiger partial charge in [0, 0.05) is 30.0 Å². The minimum Gasteiger partial charge on any atom is -0.496 e. The van der Waals surface area contributed by atoms with Crippen LogP contribution in [0.3, 0.4) is 0 Å². The molecule has 0 aliphatic heterocycles. The van der Waals surface area contributed by atoms with Crippen LogP contribution in [0.15, 0.2) is 34.9 Å². The molecule has 1 heterocycles. The Balaban J connectivity index is 2.42. The molecule has 0 saturated carbocycles. The zero-order chi connectivity index (χ0) is 15.4. The predicted octanol–water partition coefficient (Wildman–Crippen LogP) is 2.93. The lowest BCUT2D eigenvalue weighted by Gasteiger charge is -2.24. The van der Waals surface area contributed by atoms with Crippen LogP contribution < -0.4 is 10.5 Å². The molecule has 0 amide bonds. The highest BCUT2D eigenvalue weighted by atomic mass is 16.5. The smallest absolute Gasteiger partial charge is 0.122 e. The van der Waals surface area contributed by atoms with Crippen LogP contribution in [0.1, 0.15) is 41.4 Å². The van der Waals surface area contributed by atoms with Crippen molar-refractivity contribution in [3.63, 3.8) is 0 Å². The molecule has 2 aromatic rings. The highest BCUT2D eigenvalue weighted by molar-refractivity contribution is 5.41. The standard InChI is InChI=1S/C17H23NO3/c1-4-15-12(7-8-21-15)17(19)14(10-18)13-9-11(2)5-6-16(13)20-3/h5-9,14,17,19H,4,10,18H2,1-3H3. The van der Waals surface area contributed by atoms with Crippen molar-refractivity contribution < 1.29 is 14.3 Å². The summed E-state index contributed by atoms with van der Waals surface area (Å²) in [7, 11) is 1.63. The van der Waals surface area contributed by atoms with Crippen LogP contribution in [0.2, 0.25) is 0 Å². The molecule has 4 heteroatoms. The highest BCUT2D eigenvalue weighted by Crippen LogP contribution is 2.37. The Labute approximate surface area is 125 Å². The van der Waals surface area contributed by atoms with E-state index in [9.17, 15) is 5.11 Å². The molecule has 4 nitrogen and oxygen atoms in total. The van der Waals surface area contributed by atoms with E-state index < -0.39 is 6.10 Å². The topological polar surface area (TPSA) is 68.6 Å². The normalized spacial score (nSPS) is 14.0. The highest BCUT2D eigenvalue weighted by Gasteiger charge is 2.27. The van der Waals surface area contributed by atoms with Crippen molar-refractivity contribution in [1.29, 1.82) is 0 Å². The Morgan fingerprint density at radius 2 is 2.05 bits per heavy atom. The molecule has 0 radical (unpaired) electrons. The second kappa shape index (κ2) is 6.78. The number of ether oxygens (including phenoxy) is 1. The summed E-state index contributed by atoms with van der Waals surface area (Å²) in [4.78, 5) is 0. The van der Waals surface area contributed by atoms with Crippen molar-refractivity contribution in [2.75, 3.05) is 13.7 Å². The van der Waals surface area contributed by atoms with E-state index in [1.807, 2.05) is 38.1 Å². The van der Waals surface area contributed by atoms with Crippen LogP contribution in [0.5, 0.6) is 5.75 Å². The molecule has 21 heavy (non-hydrogen) atoms. The fourth-order valence-corrected chi connectivity index (χ4v) is 2.69. The molecule has 0 saturated heterocycles. The zero-order valence-electron chi connectivity index (χ0n) is 12.8. The summed E-state index contributed by atoms with van der Waals surface area (Å²) >= 11 is 0. The Hall–Kier alpha value is -1.78.